The second-order valence-corrected chi connectivity index (χ2v) is 24.5. The molecular weight excluding hydrogens is 1010 g/mol. The molecule has 1 spiro atoms. The molecule has 19 nitrogen and oxygen atoms in total. The van der Waals surface area contributed by atoms with Gasteiger partial charge in [-0.3, -0.25) is 19.8 Å². The van der Waals surface area contributed by atoms with Crippen LogP contribution in [0, 0.1) is 15.5 Å². The monoisotopic (exact) mass is 1080 g/mol. The maximum atomic E-state index is 16.1. The molecule has 21 heteroatoms. The molecule has 8 heterocycles. The van der Waals surface area contributed by atoms with Crippen molar-refractivity contribution in [3.8, 4) is 17.4 Å². The Morgan fingerprint density at radius 1 is 0.948 bits per heavy atom. The number of ether oxygens (including phenoxy) is 5. The number of carbonyl (C=O) groups excluding carboxylic acids is 1. The van der Waals surface area contributed by atoms with Gasteiger partial charge in [-0.15, -0.1) is 0 Å². The van der Waals surface area contributed by atoms with Gasteiger partial charge >= 0.3 is 0 Å². The molecule has 4 saturated heterocycles. The normalized spacial score (nSPS) is 26.3. The van der Waals surface area contributed by atoms with E-state index in [-0.39, 0.29) is 79.9 Å². The smallest absolute Gasteiger partial charge is 0.297 e. The number of aromatic amines is 1. The number of likely N-dealkylation sites (tertiary alicyclic amines) is 1. The van der Waals surface area contributed by atoms with Crippen molar-refractivity contribution in [1.29, 1.82) is 0 Å². The highest BCUT2D eigenvalue weighted by Gasteiger charge is 2.51. The number of sulfonamides is 1. The maximum Gasteiger partial charge on any atom is 0.297 e. The van der Waals surface area contributed by atoms with Crippen molar-refractivity contribution >= 4 is 55.4 Å². The summed E-state index contributed by atoms with van der Waals surface area (Å²) in [4.78, 5) is 41.1. The number of halogens is 1. The van der Waals surface area contributed by atoms with E-state index >= 15 is 4.39 Å². The number of anilines is 4. The molecule has 7 aliphatic rings. The number of carbonyl (C=O) groups is 1. The Kier molecular flexibility index (Phi) is 13.3. The number of aliphatic hydroxyl groups is 1. The second-order valence-electron chi connectivity index (χ2n) is 22.8. The van der Waals surface area contributed by atoms with Crippen molar-refractivity contribution < 1.29 is 51.3 Å². The van der Waals surface area contributed by atoms with Gasteiger partial charge < -0.3 is 48.9 Å². The molecule has 6 aliphatic heterocycles. The van der Waals surface area contributed by atoms with Crippen LogP contribution in [0.15, 0.2) is 77.8 Å². The summed E-state index contributed by atoms with van der Waals surface area (Å²) in [7, 11) is -4.80. The number of pyridine rings is 1. The zero-order chi connectivity index (χ0) is 53.4. The quantitative estimate of drug-likeness (QED) is 0.0719. The third-order valence-electron chi connectivity index (χ3n) is 17.5. The van der Waals surface area contributed by atoms with Crippen molar-refractivity contribution in [2.45, 2.75) is 138 Å². The number of alkyl halides is 1. The van der Waals surface area contributed by atoms with Crippen LogP contribution in [0.25, 0.3) is 11.0 Å². The molecule has 0 bridgehead atoms. The Hall–Kier alpha value is -6.26. The molecule has 0 unspecified atom stereocenters. The highest BCUT2D eigenvalue weighted by Crippen LogP contribution is 2.55. The lowest BCUT2D eigenvalue weighted by Crippen LogP contribution is -2.56. The summed E-state index contributed by atoms with van der Waals surface area (Å²) in [5.41, 5.74) is 0.588. The van der Waals surface area contributed by atoms with E-state index in [1.807, 2.05) is 56.0 Å². The zero-order valence-electron chi connectivity index (χ0n) is 43.7. The highest BCUT2D eigenvalue weighted by atomic mass is 32.2. The van der Waals surface area contributed by atoms with Crippen LogP contribution in [0.5, 0.6) is 17.4 Å². The zero-order valence-corrected chi connectivity index (χ0v) is 44.5. The number of piperidine rings is 1. The molecule has 12 rings (SSSR count). The van der Waals surface area contributed by atoms with Crippen molar-refractivity contribution in [2.24, 2.45) is 5.41 Å². The number of H-pyrrole nitrogens is 1. The number of hydrogen-bond donors (Lipinski definition) is 4. The molecule has 5 fully saturated rings. The van der Waals surface area contributed by atoms with Crippen LogP contribution in [-0.2, 0) is 19.5 Å². The molecule has 1 amide bonds. The minimum atomic E-state index is -4.80. The molecule has 5 aromatic rings. The highest BCUT2D eigenvalue weighted by molar-refractivity contribution is 7.90. The lowest BCUT2D eigenvalue weighted by molar-refractivity contribution is -0.384. The number of nitro groups is 1. The number of amides is 1. The van der Waals surface area contributed by atoms with Crippen LogP contribution >= 0.6 is 0 Å². The van der Waals surface area contributed by atoms with Crippen LogP contribution in [-0.4, -0.2) is 133 Å². The Morgan fingerprint density at radius 2 is 1.74 bits per heavy atom. The Labute approximate surface area is 446 Å². The summed E-state index contributed by atoms with van der Waals surface area (Å²) in [5, 5.41) is 27.6. The molecular formula is C56H67FN8O11S. The molecule has 4 N–H and O–H groups in total. The van der Waals surface area contributed by atoms with Crippen molar-refractivity contribution in [3.05, 3.63) is 94.2 Å². The number of para-hydroxylation sites is 1. The second kappa shape index (κ2) is 19.9. The van der Waals surface area contributed by atoms with Crippen molar-refractivity contribution in [2.75, 3.05) is 67.8 Å². The molecule has 1 saturated carbocycles. The third kappa shape index (κ3) is 9.80. The first-order chi connectivity index (χ1) is 37.0. The first kappa shape index (κ1) is 51.5. The van der Waals surface area contributed by atoms with E-state index in [1.54, 1.807) is 12.3 Å². The van der Waals surface area contributed by atoms with E-state index in [9.17, 15) is 28.4 Å². The first-order valence-electron chi connectivity index (χ1n) is 27.2. The molecule has 5 atom stereocenters. The number of hydrogen-bond acceptors (Lipinski definition) is 16. The molecule has 3 aromatic carbocycles. The predicted molar refractivity (Wildman–Crippen MR) is 286 cm³/mol. The van der Waals surface area contributed by atoms with Gasteiger partial charge in [0.15, 0.2) is 11.4 Å². The van der Waals surface area contributed by atoms with Crippen LogP contribution in [0.4, 0.5) is 32.8 Å². The number of nitrogens with zero attached hydrogens (tertiary/aromatic N) is 5. The Bertz CT molecular complexity index is 3190. The summed E-state index contributed by atoms with van der Waals surface area (Å²) in [6, 6.07) is 18.8. The Balaban J connectivity index is 0.836. The van der Waals surface area contributed by atoms with E-state index in [0.717, 1.165) is 80.7 Å². The molecule has 77 heavy (non-hydrogen) atoms. The van der Waals surface area contributed by atoms with Crippen LogP contribution in [0.3, 0.4) is 0 Å². The average Bonchev–Trinajstić information content (AvgIpc) is 3.91. The predicted octanol–water partition coefficient (Wildman–Crippen LogP) is 8.48. The lowest BCUT2D eigenvalue weighted by atomic mass is 9.59. The molecule has 410 valence electrons. The van der Waals surface area contributed by atoms with E-state index < -0.39 is 54.9 Å². The fourth-order valence-electron chi connectivity index (χ4n) is 13.1. The number of nitro benzene ring substituents is 1. The van der Waals surface area contributed by atoms with E-state index in [1.165, 1.54) is 5.56 Å². The standard InChI is InChI=1S/C56H67FN8O11S/c1-34(2)75-46-7-5-4-6-39(46)41-10-13-54(3,67)14-22-63(41)37-30-55(31-37)15-20-62(21-16-55)36-8-9-40(43(27-36)64-42-12-23-73-32-48(42)76-53-45(64)26-35-11-19-58-51(35)60-53)52(66)61-77(70,71)38-28-44(65(68)69)50-47(29-38)74-33-49(59-50)56(57)17-24-72-25-18-56/h4-9,11,19,26-29,34,37,41-42,48-49,59,67H,10,12-18,20-25,30-33H2,1-3H3,(H,58,60)(H,61,66)/t41-,42-,48-,49-,54+/m0/s1. The number of aromatic nitrogens is 2. The fraction of sp³-hybridized carbons (Fsp3) is 0.536. The summed E-state index contributed by atoms with van der Waals surface area (Å²) >= 11 is 0. The molecule has 0 radical (unpaired) electrons. The topological polar surface area (TPSA) is 223 Å². The van der Waals surface area contributed by atoms with Gasteiger partial charge in [0.05, 0.1) is 51.5 Å². The van der Waals surface area contributed by atoms with Crippen LogP contribution < -0.4 is 34.0 Å². The largest absolute Gasteiger partial charge is 0.491 e. The summed E-state index contributed by atoms with van der Waals surface area (Å²) in [5.74, 6) is 0.124. The summed E-state index contributed by atoms with van der Waals surface area (Å²) in [6.45, 7) is 9.22. The van der Waals surface area contributed by atoms with Crippen LogP contribution in [0.2, 0.25) is 0 Å². The van der Waals surface area contributed by atoms with Crippen LogP contribution in [0.1, 0.15) is 107 Å². The van der Waals surface area contributed by atoms with E-state index in [4.69, 9.17) is 28.7 Å². The van der Waals surface area contributed by atoms with Gasteiger partial charge in [-0.2, -0.15) is 4.98 Å². The minimum Gasteiger partial charge on any atom is -0.491 e. The van der Waals surface area contributed by atoms with Gasteiger partial charge in [0, 0.05) is 99.3 Å². The van der Waals surface area contributed by atoms with Gasteiger partial charge in [-0.1, -0.05) is 18.2 Å². The van der Waals surface area contributed by atoms with E-state index in [2.05, 4.69) is 43.0 Å². The maximum absolute atomic E-state index is 16.1. The molecule has 1 aliphatic carbocycles. The van der Waals surface area contributed by atoms with Gasteiger partial charge in [-0.05, 0) is 114 Å². The number of benzene rings is 3. The number of rotatable bonds is 11. The number of nitrogens with one attached hydrogen (secondary N) is 3. The SMILES string of the molecule is CC(C)Oc1ccccc1[C@@H]1CC[C@@](C)(O)CCN1C1CC2(CCN(c3ccc(C(=O)NS(=O)(=O)c4cc5c(c([N+](=O)[O-])c4)N[C@H](C4(F)CCOCC4)CO5)c(N4c5cc6cc[nH]c6nc5O[C@H]5COCC[C@@H]54)c3)CC2)C1. The first-order valence-corrected chi connectivity index (χ1v) is 28.6. The fourth-order valence-corrected chi connectivity index (χ4v) is 14.1. The van der Waals surface area contributed by atoms with Gasteiger partial charge in [0.1, 0.15) is 35.5 Å². The minimum absolute atomic E-state index is 0.0334. The van der Waals surface area contributed by atoms with Crippen molar-refractivity contribution in [1.82, 2.24) is 19.6 Å². The van der Waals surface area contributed by atoms with Gasteiger partial charge in [0.25, 0.3) is 21.6 Å². The summed E-state index contributed by atoms with van der Waals surface area (Å²) < 4.78 is 77.1. The van der Waals surface area contributed by atoms with Gasteiger partial charge in [0.2, 0.25) is 5.88 Å². The Morgan fingerprint density at radius 3 is 2.52 bits per heavy atom. The average molecular weight is 1080 g/mol. The lowest BCUT2D eigenvalue weighted by Gasteiger charge is -2.57. The van der Waals surface area contributed by atoms with E-state index in [0.29, 0.717) is 54.8 Å². The van der Waals surface area contributed by atoms with Crippen molar-refractivity contribution in [3.63, 3.8) is 0 Å². The third-order valence-corrected chi connectivity index (χ3v) is 18.8. The van der Waals surface area contributed by atoms with Gasteiger partial charge in [-0.25, -0.2) is 17.5 Å². The molecule has 2 aromatic heterocycles. The summed E-state index contributed by atoms with van der Waals surface area (Å²) in [6.07, 6.45) is 8.26. The number of fused-ring (bicyclic) bond motifs is 4.